The van der Waals surface area contributed by atoms with Gasteiger partial charge in [-0.15, -0.1) is 0 Å². The topological polar surface area (TPSA) is 92.6 Å². The molecule has 1 unspecified atom stereocenters. The molecule has 9 heteroatoms. The molecule has 4 heterocycles. The van der Waals surface area contributed by atoms with Crippen molar-refractivity contribution in [3.05, 3.63) is 59.0 Å². The van der Waals surface area contributed by atoms with Gasteiger partial charge >= 0.3 is 0 Å². The fraction of sp³-hybridized carbons (Fsp3) is 0.385. The van der Waals surface area contributed by atoms with Crippen LogP contribution in [0, 0.1) is 6.92 Å². The van der Waals surface area contributed by atoms with Crippen LogP contribution in [0.2, 0.25) is 0 Å². The maximum atomic E-state index is 14.1. The molecule has 2 aliphatic heterocycles. The van der Waals surface area contributed by atoms with E-state index in [1.807, 2.05) is 36.1 Å². The highest BCUT2D eigenvalue weighted by molar-refractivity contribution is 6.05. The Labute approximate surface area is 203 Å². The predicted octanol–water partition coefficient (Wildman–Crippen LogP) is 3.31. The lowest BCUT2D eigenvalue weighted by atomic mass is 10.1. The standard InChI is InChI=1S/C26H28N6O3/c1-3-22(33)31-11-10-30(20-6-4-5-16(2)23(20)31)21-13-17-14-27-26(28-18-7-8-18)29-24(17)32(25(21)34)19-9-12-35-15-19/h3-6,13-14,18-19H,1,7-12,15H2,2H3,(H,27,28,29). The minimum Gasteiger partial charge on any atom is -0.379 e. The van der Waals surface area contributed by atoms with E-state index in [1.54, 1.807) is 15.7 Å². The third kappa shape index (κ3) is 3.76. The Kier molecular flexibility index (Phi) is 5.29. The van der Waals surface area contributed by atoms with E-state index >= 15 is 0 Å². The average Bonchev–Trinajstić information content (AvgIpc) is 3.52. The summed E-state index contributed by atoms with van der Waals surface area (Å²) in [6.45, 7) is 7.67. The number of para-hydroxylation sites is 1. The Morgan fingerprint density at radius 1 is 1.23 bits per heavy atom. The molecule has 0 bridgehead atoms. The number of benzene rings is 1. The molecule has 1 N–H and O–H groups in total. The Hall–Kier alpha value is -3.72. The van der Waals surface area contributed by atoms with E-state index in [0.717, 1.165) is 41.6 Å². The lowest BCUT2D eigenvalue weighted by Gasteiger charge is -2.38. The van der Waals surface area contributed by atoms with Gasteiger partial charge in [-0.1, -0.05) is 18.7 Å². The molecule has 2 aromatic heterocycles. The van der Waals surface area contributed by atoms with Gasteiger partial charge in [0.1, 0.15) is 11.3 Å². The van der Waals surface area contributed by atoms with Crippen molar-refractivity contribution >= 4 is 40.0 Å². The summed E-state index contributed by atoms with van der Waals surface area (Å²) in [6, 6.07) is 8.08. The molecule has 1 atom stereocenters. The second-order valence-corrected chi connectivity index (χ2v) is 9.40. The van der Waals surface area contributed by atoms with E-state index < -0.39 is 0 Å². The van der Waals surface area contributed by atoms with Crippen molar-refractivity contribution in [1.29, 1.82) is 0 Å². The number of nitrogens with zero attached hydrogens (tertiary/aromatic N) is 5. The van der Waals surface area contributed by atoms with Gasteiger partial charge in [-0.3, -0.25) is 14.2 Å². The van der Waals surface area contributed by atoms with Crippen molar-refractivity contribution in [2.45, 2.75) is 38.3 Å². The molecular formula is C26H28N6O3. The minimum atomic E-state index is -0.150. The molecule has 35 heavy (non-hydrogen) atoms. The first-order valence-corrected chi connectivity index (χ1v) is 12.1. The van der Waals surface area contributed by atoms with Gasteiger partial charge in [0.25, 0.3) is 11.5 Å². The Morgan fingerprint density at radius 2 is 2.09 bits per heavy atom. The number of nitrogens with one attached hydrogen (secondary N) is 1. The van der Waals surface area contributed by atoms with Gasteiger partial charge in [0.05, 0.1) is 24.0 Å². The number of carbonyl (C=O) groups excluding carboxylic acids is 1. The zero-order valence-electron chi connectivity index (χ0n) is 19.7. The lowest BCUT2D eigenvalue weighted by Crippen LogP contribution is -2.44. The van der Waals surface area contributed by atoms with E-state index in [9.17, 15) is 9.59 Å². The number of aryl methyl sites for hydroxylation is 1. The van der Waals surface area contributed by atoms with Crippen LogP contribution in [-0.4, -0.2) is 52.8 Å². The first-order valence-electron chi connectivity index (χ1n) is 12.1. The normalized spacial score (nSPS) is 19.6. The van der Waals surface area contributed by atoms with Crippen LogP contribution in [0.25, 0.3) is 11.0 Å². The van der Waals surface area contributed by atoms with Crippen LogP contribution in [0.3, 0.4) is 0 Å². The van der Waals surface area contributed by atoms with Gasteiger partial charge < -0.3 is 19.9 Å². The van der Waals surface area contributed by atoms with Crippen LogP contribution in [0.5, 0.6) is 0 Å². The number of anilines is 4. The molecule has 1 aromatic carbocycles. The summed E-state index contributed by atoms with van der Waals surface area (Å²) in [7, 11) is 0. The summed E-state index contributed by atoms with van der Waals surface area (Å²) in [6.07, 6.45) is 6.10. The molecule has 6 rings (SSSR count). The highest BCUT2D eigenvalue weighted by Crippen LogP contribution is 2.40. The van der Waals surface area contributed by atoms with Crippen LogP contribution < -0.4 is 20.7 Å². The zero-order valence-corrected chi connectivity index (χ0v) is 19.7. The molecule has 180 valence electrons. The molecule has 9 nitrogen and oxygen atoms in total. The summed E-state index contributed by atoms with van der Waals surface area (Å²) in [4.78, 5) is 39.7. The molecule has 1 amide bonds. The first kappa shape index (κ1) is 21.8. The number of amides is 1. The van der Waals surface area contributed by atoms with Crippen molar-refractivity contribution in [3.63, 3.8) is 0 Å². The van der Waals surface area contributed by atoms with Crippen molar-refractivity contribution in [1.82, 2.24) is 14.5 Å². The van der Waals surface area contributed by atoms with E-state index in [4.69, 9.17) is 9.72 Å². The summed E-state index contributed by atoms with van der Waals surface area (Å²) < 4.78 is 7.43. The average molecular weight is 473 g/mol. The second kappa shape index (κ2) is 8.49. The van der Waals surface area contributed by atoms with Crippen molar-refractivity contribution < 1.29 is 9.53 Å². The first-order chi connectivity index (χ1) is 17.0. The molecule has 1 saturated heterocycles. The molecule has 0 radical (unpaired) electrons. The van der Waals surface area contributed by atoms with Gasteiger partial charge in [-0.25, -0.2) is 4.98 Å². The molecular weight excluding hydrogens is 444 g/mol. The smallest absolute Gasteiger partial charge is 0.276 e. The molecule has 1 saturated carbocycles. The summed E-state index contributed by atoms with van der Waals surface area (Å²) in [5.74, 6) is 0.403. The fourth-order valence-electron chi connectivity index (χ4n) is 5.07. The van der Waals surface area contributed by atoms with E-state index in [1.165, 1.54) is 6.08 Å². The minimum absolute atomic E-state index is 0.0887. The number of pyridine rings is 1. The quantitative estimate of drug-likeness (QED) is 0.570. The number of carbonyl (C=O) groups is 1. The van der Waals surface area contributed by atoms with Crippen LogP contribution >= 0.6 is 0 Å². The SMILES string of the molecule is C=CC(=O)N1CCN(c2cc3cnc(NC4CC4)nc3n(C3CCOC3)c2=O)c2cccc(C)c21. The molecule has 2 fully saturated rings. The van der Waals surface area contributed by atoms with Crippen molar-refractivity contribution in [2.75, 3.05) is 41.4 Å². The summed E-state index contributed by atoms with van der Waals surface area (Å²) in [5.41, 5.74) is 3.65. The van der Waals surface area contributed by atoms with Crippen molar-refractivity contribution in [2.24, 2.45) is 0 Å². The molecule has 3 aliphatic rings. The Morgan fingerprint density at radius 3 is 2.83 bits per heavy atom. The van der Waals surface area contributed by atoms with Gasteiger partial charge in [-0.05, 0) is 50.0 Å². The predicted molar refractivity (Wildman–Crippen MR) is 136 cm³/mol. The Balaban J connectivity index is 1.52. The molecule has 1 aliphatic carbocycles. The zero-order chi connectivity index (χ0) is 24.1. The third-order valence-electron chi connectivity index (χ3n) is 6.99. The van der Waals surface area contributed by atoms with E-state index in [0.29, 0.717) is 49.6 Å². The number of hydrogen-bond donors (Lipinski definition) is 1. The molecule has 3 aromatic rings. The van der Waals surface area contributed by atoms with E-state index in [-0.39, 0.29) is 17.5 Å². The number of aromatic nitrogens is 3. The van der Waals surface area contributed by atoms with Crippen LogP contribution in [0.4, 0.5) is 23.0 Å². The summed E-state index contributed by atoms with van der Waals surface area (Å²) >= 11 is 0. The number of hydrogen-bond acceptors (Lipinski definition) is 7. The van der Waals surface area contributed by atoms with Gasteiger partial charge in [0.15, 0.2) is 0 Å². The largest absolute Gasteiger partial charge is 0.379 e. The lowest BCUT2D eigenvalue weighted by molar-refractivity contribution is -0.114. The third-order valence-corrected chi connectivity index (χ3v) is 6.99. The molecule has 0 spiro atoms. The number of ether oxygens (including phenoxy) is 1. The van der Waals surface area contributed by atoms with Crippen LogP contribution in [-0.2, 0) is 9.53 Å². The van der Waals surface area contributed by atoms with Crippen molar-refractivity contribution in [3.8, 4) is 0 Å². The van der Waals surface area contributed by atoms with Crippen LogP contribution in [0.1, 0.15) is 30.9 Å². The number of rotatable bonds is 5. The highest BCUT2D eigenvalue weighted by Gasteiger charge is 2.31. The van der Waals surface area contributed by atoms with Gasteiger partial charge in [-0.2, -0.15) is 4.98 Å². The Bertz CT molecular complexity index is 1390. The monoisotopic (exact) mass is 472 g/mol. The summed E-state index contributed by atoms with van der Waals surface area (Å²) in [5, 5.41) is 4.14. The highest BCUT2D eigenvalue weighted by atomic mass is 16.5. The second-order valence-electron chi connectivity index (χ2n) is 9.40. The van der Waals surface area contributed by atoms with Crippen LogP contribution in [0.15, 0.2) is 47.9 Å². The fourth-order valence-corrected chi connectivity index (χ4v) is 5.07. The van der Waals surface area contributed by atoms with Gasteiger partial charge in [0, 0.05) is 37.3 Å². The maximum absolute atomic E-state index is 14.1. The van der Waals surface area contributed by atoms with E-state index in [2.05, 4.69) is 16.9 Å². The van der Waals surface area contributed by atoms with Gasteiger partial charge in [0.2, 0.25) is 5.95 Å². The number of fused-ring (bicyclic) bond motifs is 2. The maximum Gasteiger partial charge on any atom is 0.276 e.